The third-order valence-corrected chi connectivity index (χ3v) is 5.45. The van der Waals surface area contributed by atoms with Crippen LogP contribution in [0.4, 0.5) is 0 Å². The van der Waals surface area contributed by atoms with Gasteiger partial charge in [0.05, 0.1) is 5.69 Å². The topological polar surface area (TPSA) is 100 Å². The lowest BCUT2D eigenvalue weighted by Crippen LogP contribution is -2.41. The molecule has 2 aromatic carbocycles. The number of hydrazine groups is 1. The molecule has 30 heavy (non-hydrogen) atoms. The molecule has 8 heteroatoms. The summed E-state index contributed by atoms with van der Waals surface area (Å²) in [6.45, 7) is 2.12. The van der Waals surface area contributed by atoms with Crippen LogP contribution in [0.2, 0.25) is 0 Å². The first kappa shape index (κ1) is 21.2. The second kappa shape index (κ2) is 10.3. The van der Waals surface area contributed by atoms with Gasteiger partial charge in [-0.2, -0.15) is 0 Å². The minimum absolute atomic E-state index is 0.173. The number of aromatic nitrogens is 1. The molecule has 3 N–H and O–H groups in total. The zero-order chi connectivity index (χ0) is 21.3. The molecule has 3 amide bonds. The molecule has 0 atom stereocenters. The third kappa shape index (κ3) is 5.74. The Balaban J connectivity index is 1.41. The Labute approximate surface area is 178 Å². The smallest absolute Gasteiger partial charge is 0.281 e. The van der Waals surface area contributed by atoms with Crippen LogP contribution in [0, 0.1) is 6.92 Å². The summed E-state index contributed by atoms with van der Waals surface area (Å²) in [7, 11) is 0. The summed E-state index contributed by atoms with van der Waals surface area (Å²) in [5.41, 5.74) is 6.94. The second-order valence-electron chi connectivity index (χ2n) is 6.53. The third-order valence-electron chi connectivity index (χ3n) is 4.24. The molecule has 0 unspecified atom stereocenters. The van der Waals surface area contributed by atoms with Gasteiger partial charge in [0.15, 0.2) is 0 Å². The molecule has 0 saturated heterocycles. The first-order chi connectivity index (χ1) is 14.5. The number of carbonyl (C=O) groups is 3. The van der Waals surface area contributed by atoms with E-state index in [9.17, 15) is 14.4 Å². The highest BCUT2D eigenvalue weighted by Crippen LogP contribution is 2.27. The maximum Gasteiger partial charge on any atom is 0.281 e. The van der Waals surface area contributed by atoms with Crippen molar-refractivity contribution in [1.29, 1.82) is 0 Å². The predicted octanol–water partition coefficient (Wildman–Crippen LogP) is 3.09. The van der Waals surface area contributed by atoms with E-state index in [4.69, 9.17) is 0 Å². The number of aryl methyl sites for hydroxylation is 1. The highest BCUT2D eigenvalue weighted by molar-refractivity contribution is 7.17. The van der Waals surface area contributed by atoms with E-state index < -0.39 is 5.91 Å². The molecule has 0 fully saturated rings. The summed E-state index contributed by atoms with van der Waals surface area (Å²) in [4.78, 5) is 41.1. The fourth-order valence-corrected chi connectivity index (χ4v) is 3.67. The highest BCUT2D eigenvalue weighted by atomic mass is 32.1. The van der Waals surface area contributed by atoms with Gasteiger partial charge in [-0.15, -0.1) is 11.3 Å². The van der Waals surface area contributed by atoms with Crippen LogP contribution in [0.5, 0.6) is 0 Å². The molecule has 0 aliphatic carbocycles. The van der Waals surface area contributed by atoms with Gasteiger partial charge in [0, 0.05) is 24.1 Å². The van der Waals surface area contributed by atoms with Gasteiger partial charge < -0.3 is 5.32 Å². The molecule has 0 spiro atoms. The molecule has 7 nitrogen and oxygen atoms in total. The monoisotopic (exact) mass is 422 g/mol. The van der Waals surface area contributed by atoms with Crippen molar-refractivity contribution < 1.29 is 14.4 Å². The average molecular weight is 423 g/mol. The van der Waals surface area contributed by atoms with Crippen molar-refractivity contribution in [1.82, 2.24) is 21.2 Å². The molecular formula is C22H22N4O3S. The Morgan fingerprint density at radius 3 is 2.27 bits per heavy atom. The highest BCUT2D eigenvalue weighted by Gasteiger charge is 2.16. The molecule has 3 aromatic rings. The van der Waals surface area contributed by atoms with Crippen LogP contribution in [0.1, 0.15) is 38.6 Å². The van der Waals surface area contributed by atoms with Gasteiger partial charge in [-0.1, -0.05) is 48.5 Å². The maximum atomic E-state index is 12.4. The van der Waals surface area contributed by atoms with Gasteiger partial charge in [0.1, 0.15) is 9.88 Å². The number of benzene rings is 2. The Morgan fingerprint density at radius 2 is 1.57 bits per heavy atom. The Kier molecular flexibility index (Phi) is 7.29. The van der Waals surface area contributed by atoms with Crippen LogP contribution >= 0.6 is 11.3 Å². The van der Waals surface area contributed by atoms with E-state index >= 15 is 0 Å². The first-order valence-corrected chi connectivity index (χ1v) is 10.3. The van der Waals surface area contributed by atoms with Crippen molar-refractivity contribution in [2.24, 2.45) is 0 Å². The van der Waals surface area contributed by atoms with E-state index in [0.29, 0.717) is 29.1 Å². The molecule has 0 bridgehead atoms. The van der Waals surface area contributed by atoms with Crippen molar-refractivity contribution in [2.75, 3.05) is 6.54 Å². The summed E-state index contributed by atoms with van der Waals surface area (Å²) < 4.78 is 0. The number of nitrogens with zero attached hydrogens (tertiary/aromatic N) is 1. The van der Waals surface area contributed by atoms with Crippen molar-refractivity contribution in [2.45, 2.75) is 19.8 Å². The minimum atomic E-state index is -0.405. The molecular weight excluding hydrogens is 400 g/mol. The number of amides is 3. The van der Waals surface area contributed by atoms with Crippen LogP contribution in [-0.2, 0) is 4.79 Å². The number of hydrogen-bond donors (Lipinski definition) is 3. The predicted molar refractivity (Wildman–Crippen MR) is 116 cm³/mol. The van der Waals surface area contributed by atoms with Crippen LogP contribution in [0.3, 0.4) is 0 Å². The van der Waals surface area contributed by atoms with Crippen molar-refractivity contribution in [3.63, 3.8) is 0 Å². The van der Waals surface area contributed by atoms with Crippen LogP contribution in [0.25, 0.3) is 10.6 Å². The normalized spacial score (nSPS) is 10.3. The molecule has 0 aliphatic heterocycles. The molecule has 0 aliphatic rings. The molecule has 154 valence electrons. The minimum Gasteiger partial charge on any atom is -0.352 e. The van der Waals surface area contributed by atoms with E-state index in [1.54, 1.807) is 31.2 Å². The molecule has 0 radical (unpaired) electrons. The zero-order valence-corrected chi connectivity index (χ0v) is 17.3. The maximum absolute atomic E-state index is 12.4. The molecule has 1 aromatic heterocycles. The lowest BCUT2D eigenvalue weighted by Gasteiger charge is -2.07. The van der Waals surface area contributed by atoms with E-state index in [0.717, 1.165) is 10.6 Å². The molecule has 1 heterocycles. The van der Waals surface area contributed by atoms with Crippen LogP contribution in [0.15, 0.2) is 60.7 Å². The fourth-order valence-electron chi connectivity index (χ4n) is 2.70. The van der Waals surface area contributed by atoms with Gasteiger partial charge >= 0.3 is 0 Å². The summed E-state index contributed by atoms with van der Waals surface area (Å²) in [5, 5.41) is 3.51. The number of nitrogens with one attached hydrogen (secondary N) is 3. The van der Waals surface area contributed by atoms with Gasteiger partial charge in [-0.05, 0) is 25.5 Å². The van der Waals surface area contributed by atoms with Gasteiger partial charge in [-0.3, -0.25) is 25.2 Å². The first-order valence-electron chi connectivity index (χ1n) is 9.50. The summed E-state index contributed by atoms with van der Waals surface area (Å²) >= 11 is 1.27. The van der Waals surface area contributed by atoms with E-state index in [1.807, 2.05) is 36.4 Å². The lowest BCUT2D eigenvalue weighted by atomic mass is 10.2. The van der Waals surface area contributed by atoms with Crippen LogP contribution < -0.4 is 16.2 Å². The number of rotatable bonds is 7. The van der Waals surface area contributed by atoms with E-state index in [1.165, 1.54) is 11.3 Å². The Hall–Kier alpha value is -3.52. The second-order valence-corrected chi connectivity index (χ2v) is 7.53. The van der Waals surface area contributed by atoms with Crippen molar-refractivity contribution in [3.05, 3.63) is 76.8 Å². The van der Waals surface area contributed by atoms with Crippen LogP contribution in [-0.4, -0.2) is 29.3 Å². The van der Waals surface area contributed by atoms with Gasteiger partial charge in [0.2, 0.25) is 5.91 Å². The number of thiazole rings is 1. The van der Waals surface area contributed by atoms with Gasteiger partial charge in [-0.25, -0.2) is 4.98 Å². The average Bonchev–Trinajstić information content (AvgIpc) is 3.18. The largest absolute Gasteiger partial charge is 0.352 e. The fraction of sp³-hybridized carbons (Fsp3) is 0.182. The Morgan fingerprint density at radius 1 is 0.900 bits per heavy atom. The quantitative estimate of drug-likeness (QED) is 0.402. The van der Waals surface area contributed by atoms with E-state index in [2.05, 4.69) is 21.2 Å². The van der Waals surface area contributed by atoms with Crippen molar-refractivity contribution in [3.8, 4) is 10.6 Å². The van der Waals surface area contributed by atoms with Gasteiger partial charge in [0.25, 0.3) is 11.8 Å². The summed E-state index contributed by atoms with van der Waals surface area (Å²) in [6.07, 6.45) is 0.629. The molecule has 3 rings (SSSR count). The summed E-state index contributed by atoms with van der Waals surface area (Å²) in [5.74, 6) is -0.917. The SMILES string of the molecule is Cc1nc(-c2ccccc2)sc1C(=O)NNC(=O)CCCNC(=O)c1ccccc1. The number of carbonyl (C=O) groups excluding carboxylic acids is 3. The molecule has 0 saturated carbocycles. The standard InChI is InChI=1S/C22H22N4O3S/c1-15-19(30-22(24-15)17-11-6-3-7-12-17)21(29)26-25-18(27)13-8-14-23-20(28)16-9-4-2-5-10-16/h2-7,9-12H,8,13-14H2,1H3,(H,23,28)(H,25,27)(H,26,29). The zero-order valence-electron chi connectivity index (χ0n) is 16.5. The Bertz CT molecular complexity index is 1020. The van der Waals surface area contributed by atoms with E-state index in [-0.39, 0.29) is 18.2 Å². The lowest BCUT2D eigenvalue weighted by molar-refractivity contribution is -0.121. The summed E-state index contributed by atoms with van der Waals surface area (Å²) in [6, 6.07) is 18.5. The van der Waals surface area contributed by atoms with Crippen molar-refractivity contribution >= 4 is 29.1 Å². The number of hydrogen-bond acceptors (Lipinski definition) is 5.